The van der Waals surface area contributed by atoms with E-state index in [0.717, 1.165) is 65.6 Å². The van der Waals surface area contributed by atoms with E-state index in [9.17, 15) is 14.7 Å². The minimum absolute atomic E-state index is 0. The fourth-order valence-corrected chi connectivity index (χ4v) is 6.27. The van der Waals surface area contributed by atoms with Gasteiger partial charge in [0.05, 0.1) is 23.5 Å². The van der Waals surface area contributed by atoms with Gasteiger partial charge in [-0.25, -0.2) is 9.31 Å². The molecule has 0 amide bonds. The number of fused-ring (bicyclic) bond motifs is 1. The van der Waals surface area contributed by atoms with Crippen LogP contribution in [0.3, 0.4) is 0 Å². The van der Waals surface area contributed by atoms with E-state index in [1.165, 1.54) is 6.33 Å². The van der Waals surface area contributed by atoms with Gasteiger partial charge in [0.15, 0.2) is 5.82 Å². The first-order valence-electron chi connectivity index (χ1n) is 15.7. The van der Waals surface area contributed by atoms with Crippen LogP contribution in [0, 0.1) is 0 Å². The molecule has 0 bridgehead atoms. The van der Waals surface area contributed by atoms with Crippen molar-refractivity contribution in [3.63, 3.8) is 0 Å². The van der Waals surface area contributed by atoms with Crippen LogP contribution in [0.25, 0.3) is 28.3 Å². The summed E-state index contributed by atoms with van der Waals surface area (Å²) in [6.07, 6.45) is 6.49. The molecule has 0 saturated heterocycles. The zero-order chi connectivity index (χ0) is 31.7. The average Bonchev–Trinajstić information content (AvgIpc) is 3.69. The van der Waals surface area contributed by atoms with Gasteiger partial charge in [-0.2, -0.15) is 10.1 Å². The monoisotopic (exact) mass is 651 g/mol. The molecule has 12 heteroatoms. The molecule has 0 spiro atoms. The van der Waals surface area contributed by atoms with E-state index in [1.807, 2.05) is 64.5 Å². The topological polar surface area (TPSA) is 141 Å². The number of hydrogen-bond donors (Lipinski definition) is 2. The first-order valence-corrected chi connectivity index (χ1v) is 15.7. The molecule has 6 rings (SSSR count). The van der Waals surface area contributed by atoms with Crippen molar-refractivity contribution in [2.45, 2.75) is 96.5 Å². The Bertz CT molecular complexity index is 1890. The van der Waals surface area contributed by atoms with Gasteiger partial charge >= 0.3 is 5.76 Å². The molecule has 1 aliphatic carbocycles. The van der Waals surface area contributed by atoms with Crippen LogP contribution in [-0.4, -0.2) is 104 Å². The smallest absolute Gasteiger partial charge is 0.388 e. The van der Waals surface area contributed by atoms with Crippen molar-refractivity contribution in [1.29, 1.82) is 0 Å². The van der Waals surface area contributed by atoms with E-state index < -0.39 is 11.4 Å². The molecule has 1 atom stereocenters. The van der Waals surface area contributed by atoms with Crippen molar-refractivity contribution >= 4 is 57.2 Å². The molecular formula is C34H40KN6O5. The van der Waals surface area contributed by atoms with Gasteiger partial charge in [-0.1, -0.05) is 67.0 Å². The van der Waals surface area contributed by atoms with Crippen LogP contribution in [0.15, 0.2) is 69.0 Å². The molecule has 1 saturated carbocycles. The van der Waals surface area contributed by atoms with Crippen LogP contribution in [0.2, 0.25) is 0 Å². The summed E-state index contributed by atoms with van der Waals surface area (Å²) in [5.74, 6) is 0.354. The van der Waals surface area contributed by atoms with Crippen LogP contribution < -0.4 is 11.3 Å². The molecule has 46 heavy (non-hydrogen) atoms. The molecule has 2 N–H and O–H groups in total. The Balaban J connectivity index is 0.00000417. The largest absolute Gasteiger partial charge is 0.439 e. The van der Waals surface area contributed by atoms with Crippen molar-refractivity contribution in [2.75, 3.05) is 0 Å². The van der Waals surface area contributed by atoms with Gasteiger partial charge in [-0.05, 0) is 69.6 Å². The van der Waals surface area contributed by atoms with Crippen molar-refractivity contribution < 1.29 is 14.4 Å². The van der Waals surface area contributed by atoms with Crippen molar-refractivity contribution in [2.24, 2.45) is 0 Å². The number of rotatable bonds is 10. The number of nitrogens with zero attached hydrogens (tertiary/aromatic N) is 5. The SMILES string of the molecule is CCCc1c(Cc2ccc(-c3ccccc3-c3noc(=O)[nH]3)cc2)c(=O)n(C2CCC(OC(C)C(C)(C)O)CC2)c2ncnn12.[K]. The maximum Gasteiger partial charge on any atom is 0.439 e. The van der Waals surface area contributed by atoms with E-state index in [4.69, 9.17) is 9.26 Å². The Morgan fingerprint density at radius 1 is 1.07 bits per heavy atom. The summed E-state index contributed by atoms with van der Waals surface area (Å²) < 4.78 is 14.6. The zero-order valence-electron chi connectivity index (χ0n) is 27.2. The van der Waals surface area contributed by atoms with Crippen molar-refractivity contribution in [3.8, 4) is 22.5 Å². The first-order chi connectivity index (χ1) is 21.6. The van der Waals surface area contributed by atoms with Crippen LogP contribution in [0.4, 0.5) is 0 Å². The number of hydrogen-bond acceptors (Lipinski definition) is 8. The summed E-state index contributed by atoms with van der Waals surface area (Å²) >= 11 is 0. The predicted octanol–water partition coefficient (Wildman–Crippen LogP) is 4.72. The maximum atomic E-state index is 14.3. The summed E-state index contributed by atoms with van der Waals surface area (Å²) in [7, 11) is 0. The van der Waals surface area contributed by atoms with E-state index >= 15 is 0 Å². The molecule has 5 aromatic rings. The molecule has 3 heterocycles. The molecule has 1 radical (unpaired) electrons. The normalized spacial score (nSPS) is 17.6. The molecular weight excluding hydrogens is 612 g/mol. The zero-order valence-corrected chi connectivity index (χ0v) is 30.3. The predicted molar refractivity (Wildman–Crippen MR) is 176 cm³/mol. The third-order valence-corrected chi connectivity index (χ3v) is 8.98. The molecule has 1 aliphatic rings. The number of benzene rings is 2. The standard InChI is InChI=1S/C34H40N6O5.K/c1-5-8-29-28(19-22-11-13-23(14-12-22)26-9-6-7-10-27(26)30-37-33(42)45-38-30)31(41)39(32-35-20-36-40(29)32)24-15-17-25(18-16-24)44-21(2)34(3,4)43;/h6-7,9-14,20-21,24-25,43H,5,8,15-19H2,1-4H3,(H,37,38,42);. The molecule has 11 nitrogen and oxygen atoms in total. The Morgan fingerprint density at radius 2 is 1.76 bits per heavy atom. The average molecular weight is 652 g/mol. The second-order valence-electron chi connectivity index (χ2n) is 12.5. The van der Waals surface area contributed by atoms with Crippen molar-refractivity contribution in [3.05, 3.63) is 92.6 Å². The molecule has 1 unspecified atom stereocenters. The molecule has 3 aromatic heterocycles. The van der Waals surface area contributed by atoms with Gasteiger partial charge in [0.25, 0.3) is 5.56 Å². The van der Waals surface area contributed by atoms with Crippen LogP contribution in [-0.2, 0) is 17.6 Å². The second-order valence-corrected chi connectivity index (χ2v) is 12.5. The number of aryl methyl sites for hydroxylation is 1. The second kappa shape index (κ2) is 14.6. The minimum Gasteiger partial charge on any atom is -0.388 e. The van der Waals surface area contributed by atoms with Gasteiger partial charge in [0.2, 0.25) is 5.78 Å². The Labute approximate surface area is 309 Å². The quantitative estimate of drug-likeness (QED) is 0.207. The number of aromatic amines is 1. The molecule has 237 valence electrons. The summed E-state index contributed by atoms with van der Waals surface area (Å²) in [6.45, 7) is 7.53. The van der Waals surface area contributed by atoms with Gasteiger partial charge in [0, 0.05) is 75.0 Å². The van der Waals surface area contributed by atoms with E-state index in [2.05, 4.69) is 27.1 Å². The number of aliphatic hydroxyl groups is 1. The summed E-state index contributed by atoms with van der Waals surface area (Å²) in [5, 5.41) is 18.8. The van der Waals surface area contributed by atoms with Crippen LogP contribution >= 0.6 is 0 Å². The molecule has 0 aliphatic heterocycles. The Hall–Kier alpha value is -2.71. The van der Waals surface area contributed by atoms with E-state index in [0.29, 0.717) is 24.4 Å². The first kappa shape index (κ1) is 34.6. The Kier molecular flexibility index (Phi) is 11.0. The molecule has 2 aromatic carbocycles. The summed E-state index contributed by atoms with van der Waals surface area (Å²) in [4.78, 5) is 33.1. The number of nitrogens with one attached hydrogen (secondary N) is 1. The molecule has 1 fully saturated rings. The van der Waals surface area contributed by atoms with Gasteiger partial charge in [-0.15, -0.1) is 0 Å². The van der Waals surface area contributed by atoms with E-state index in [-0.39, 0.29) is 75.2 Å². The fourth-order valence-electron chi connectivity index (χ4n) is 6.27. The van der Waals surface area contributed by atoms with Crippen LogP contribution in [0.1, 0.15) is 82.7 Å². The van der Waals surface area contributed by atoms with E-state index in [1.54, 1.807) is 13.8 Å². The third kappa shape index (κ3) is 7.23. The number of ether oxygens (including phenoxy) is 1. The summed E-state index contributed by atoms with van der Waals surface area (Å²) in [6, 6.07) is 15.8. The van der Waals surface area contributed by atoms with Gasteiger partial charge in [-0.3, -0.25) is 18.9 Å². The van der Waals surface area contributed by atoms with Crippen LogP contribution in [0.5, 0.6) is 0 Å². The van der Waals surface area contributed by atoms with Gasteiger partial charge < -0.3 is 9.84 Å². The summed E-state index contributed by atoms with van der Waals surface area (Å²) in [5.41, 5.74) is 4.32. The fraction of sp³-hybridized carbons (Fsp3) is 0.441. The minimum atomic E-state index is -0.912. The maximum absolute atomic E-state index is 14.3. The van der Waals surface area contributed by atoms with Gasteiger partial charge in [0.1, 0.15) is 6.33 Å². The number of aromatic nitrogens is 6. The number of H-pyrrole nitrogens is 1. The third-order valence-electron chi connectivity index (χ3n) is 8.98. The van der Waals surface area contributed by atoms with Crippen molar-refractivity contribution in [1.82, 2.24) is 29.3 Å². The Morgan fingerprint density at radius 3 is 2.39 bits per heavy atom.